The summed E-state index contributed by atoms with van der Waals surface area (Å²) in [5.74, 6) is -1.46. The van der Waals surface area contributed by atoms with E-state index in [0.29, 0.717) is 24.3 Å². The molecule has 0 bridgehead atoms. The first kappa shape index (κ1) is 17.9. The highest BCUT2D eigenvalue weighted by atomic mass is 35.5. The molecule has 1 atom stereocenters. The third kappa shape index (κ3) is 4.32. The first-order valence-electron chi connectivity index (χ1n) is 7.46. The molecule has 24 heavy (non-hydrogen) atoms. The van der Waals surface area contributed by atoms with Crippen LogP contribution in [0, 0.1) is 0 Å². The number of hydrogen-bond donors (Lipinski definition) is 2. The quantitative estimate of drug-likeness (QED) is 0.605. The molecule has 2 rings (SSSR count). The predicted octanol–water partition coefficient (Wildman–Crippen LogP) is 0.784. The lowest BCUT2D eigenvalue weighted by Gasteiger charge is -2.34. The van der Waals surface area contributed by atoms with E-state index >= 15 is 0 Å². The van der Waals surface area contributed by atoms with Crippen molar-refractivity contribution in [1.29, 1.82) is 0 Å². The van der Waals surface area contributed by atoms with Gasteiger partial charge in [0.1, 0.15) is 11.9 Å². The first-order chi connectivity index (χ1) is 11.4. The molecule has 2 N–H and O–H groups in total. The molecule has 1 aliphatic rings. The minimum Gasteiger partial charge on any atom is -0.353 e. The van der Waals surface area contributed by atoms with Crippen molar-refractivity contribution in [2.24, 2.45) is 0 Å². The molecule has 1 fully saturated rings. The van der Waals surface area contributed by atoms with Crippen LogP contribution in [0.2, 0.25) is 0 Å². The van der Waals surface area contributed by atoms with E-state index in [4.69, 9.17) is 11.6 Å². The standard InChI is InChI=1S/C16H18ClN3O4/c1-10(21)11-2-4-12(5-3-11)19-14(22)8-13-16(24)18-6-7-20(13)15(23)9-17/h2-5,13H,6-9H2,1H3,(H,18,24)(H,19,22)/t13-/m0/s1. The fourth-order valence-electron chi connectivity index (χ4n) is 2.47. The van der Waals surface area contributed by atoms with Gasteiger partial charge in [-0.05, 0) is 31.2 Å². The second-order valence-corrected chi connectivity index (χ2v) is 5.68. The fourth-order valence-corrected chi connectivity index (χ4v) is 2.62. The van der Waals surface area contributed by atoms with Crippen LogP contribution in [0.4, 0.5) is 5.69 Å². The van der Waals surface area contributed by atoms with Gasteiger partial charge in [-0.1, -0.05) is 0 Å². The molecule has 8 heteroatoms. The van der Waals surface area contributed by atoms with Gasteiger partial charge < -0.3 is 15.5 Å². The highest BCUT2D eigenvalue weighted by Gasteiger charge is 2.34. The number of halogens is 1. The molecule has 1 saturated heterocycles. The van der Waals surface area contributed by atoms with E-state index in [1.54, 1.807) is 24.3 Å². The van der Waals surface area contributed by atoms with Crippen molar-refractivity contribution in [3.8, 4) is 0 Å². The van der Waals surface area contributed by atoms with Gasteiger partial charge in [0, 0.05) is 24.3 Å². The molecule has 1 heterocycles. The topological polar surface area (TPSA) is 95.6 Å². The SMILES string of the molecule is CC(=O)c1ccc(NC(=O)C[C@H]2C(=O)NCCN2C(=O)CCl)cc1. The van der Waals surface area contributed by atoms with Gasteiger partial charge in [0.15, 0.2) is 5.78 Å². The first-order valence-corrected chi connectivity index (χ1v) is 8.00. The summed E-state index contributed by atoms with van der Waals surface area (Å²) in [6.07, 6.45) is -0.164. The van der Waals surface area contributed by atoms with E-state index in [9.17, 15) is 19.2 Å². The predicted molar refractivity (Wildman–Crippen MR) is 88.9 cm³/mol. The van der Waals surface area contributed by atoms with Crippen molar-refractivity contribution in [3.63, 3.8) is 0 Å². The smallest absolute Gasteiger partial charge is 0.243 e. The Labute approximate surface area is 144 Å². The van der Waals surface area contributed by atoms with E-state index in [2.05, 4.69) is 10.6 Å². The van der Waals surface area contributed by atoms with Crippen molar-refractivity contribution in [2.75, 3.05) is 24.3 Å². The zero-order chi connectivity index (χ0) is 17.7. The number of alkyl halides is 1. The molecule has 1 aromatic rings. The van der Waals surface area contributed by atoms with Gasteiger partial charge in [0.05, 0.1) is 6.42 Å². The fraction of sp³-hybridized carbons (Fsp3) is 0.375. The van der Waals surface area contributed by atoms with Gasteiger partial charge in [-0.25, -0.2) is 0 Å². The number of amides is 3. The molecule has 128 valence electrons. The van der Waals surface area contributed by atoms with Gasteiger partial charge in [-0.3, -0.25) is 19.2 Å². The van der Waals surface area contributed by atoms with Crippen molar-refractivity contribution in [2.45, 2.75) is 19.4 Å². The Balaban J connectivity index is 2.02. The van der Waals surface area contributed by atoms with Crippen molar-refractivity contribution >= 4 is 40.8 Å². The van der Waals surface area contributed by atoms with Crippen LogP contribution in [0.5, 0.6) is 0 Å². The summed E-state index contributed by atoms with van der Waals surface area (Å²) in [6.45, 7) is 2.12. The Hall–Kier alpha value is -2.41. The van der Waals surface area contributed by atoms with Crippen LogP contribution < -0.4 is 10.6 Å². The molecule has 0 unspecified atom stereocenters. The minimum atomic E-state index is -0.874. The molecule has 1 aromatic carbocycles. The van der Waals surface area contributed by atoms with E-state index in [1.165, 1.54) is 11.8 Å². The van der Waals surface area contributed by atoms with Crippen LogP contribution in [0.25, 0.3) is 0 Å². The summed E-state index contributed by atoms with van der Waals surface area (Å²) in [5.41, 5.74) is 1.05. The molecule has 0 radical (unpaired) electrons. The summed E-state index contributed by atoms with van der Waals surface area (Å²) in [7, 11) is 0. The average Bonchev–Trinajstić information content (AvgIpc) is 2.56. The van der Waals surface area contributed by atoms with E-state index in [0.717, 1.165) is 0 Å². The number of nitrogens with one attached hydrogen (secondary N) is 2. The lowest BCUT2D eigenvalue weighted by atomic mass is 10.1. The monoisotopic (exact) mass is 351 g/mol. The minimum absolute atomic E-state index is 0.0676. The third-order valence-corrected chi connectivity index (χ3v) is 3.95. The largest absolute Gasteiger partial charge is 0.353 e. The Kier molecular flexibility index (Phi) is 5.92. The summed E-state index contributed by atoms with van der Waals surface area (Å²) in [5, 5.41) is 5.29. The van der Waals surface area contributed by atoms with Crippen molar-refractivity contribution in [1.82, 2.24) is 10.2 Å². The van der Waals surface area contributed by atoms with E-state index < -0.39 is 11.9 Å². The van der Waals surface area contributed by atoms with E-state index in [1.807, 2.05) is 0 Å². The maximum absolute atomic E-state index is 12.2. The Morgan fingerprint density at radius 1 is 1.29 bits per heavy atom. The molecule has 0 spiro atoms. The number of carbonyl (C=O) groups is 4. The lowest BCUT2D eigenvalue weighted by molar-refractivity contribution is -0.143. The maximum atomic E-state index is 12.2. The molecular formula is C16H18ClN3O4. The second-order valence-electron chi connectivity index (χ2n) is 5.41. The molecule has 0 aromatic heterocycles. The van der Waals surface area contributed by atoms with Crippen LogP contribution in [0.3, 0.4) is 0 Å². The van der Waals surface area contributed by atoms with Crippen LogP contribution in [-0.4, -0.2) is 53.4 Å². The number of carbonyl (C=O) groups excluding carboxylic acids is 4. The van der Waals surface area contributed by atoms with Crippen molar-refractivity contribution in [3.05, 3.63) is 29.8 Å². The van der Waals surface area contributed by atoms with Gasteiger partial charge in [-0.15, -0.1) is 11.6 Å². The Bertz CT molecular complexity index is 660. The number of Topliss-reactive ketones (excluding diaryl/α,β-unsaturated/α-hetero) is 1. The maximum Gasteiger partial charge on any atom is 0.243 e. The third-order valence-electron chi connectivity index (χ3n) is 3.72. The number of nitrogens with zero attached hydrogens (tertiary/aromatic N) is 1. The number of hydrogen-bond acceptors (Lipinski definition) is 4. The normalized spacial score (nSPS) is 17.2. The van der Waals surface area contributed by atoms with Crippen LogP contribution in [-0.2, 0) is 14.4 Å². The lowest BCUT2D eigenvalue weighted by Crippen LogP contribution is -2.58. The van der Waals surface area contributed by atoms with Gasteiger partial charge in [0.2, 0.25) is 17.7 Å². The second kappa shape index (κ2) is 7.92. The van der Waals surface area contributed by atoms with Crippen LogP contribution in [0.15, 0.2) is 24.3 Å². The summed E-state index contributed by atoms with van der Waals surface area (Å²) in [6, 6.07) is 5.55. The summed E-state index contributed by atoms with van der Waals surface area (Å²) >= 11 is 5.55. The Morgan fingerprint density at radius 3 is 2.54 bits per heavy atom. The van der Waals surface area contributed by atoms with Crippen LogP contribution in [0.1, 0.15) is 23.7 Å². The highest BCUT2D eigenvalue weighted by molar-refractivity contribution is 6.27. The van der Waals surface area contributed by atoms with Crippen LogP contribution >= 0.6 is 11.6 Å². The average molecular weight is 352 g/mol. The Morgan fingerprint density at radius 2 is 1.96 bits per heavy atom. The van der Waals surface area contributed by atoms with Crippen molar-refractivity contribution < 1.29 is 19.2 Å². The zero-order valence-electron chi connectivity index (χ0n) is 13.2. The summed E-state index contributed by atoms with van der Waals surface area (Å²) in [4.78, 5) is 48.5. The molecule has 0 saturated carbocycles. The molecule has 1 aliphatic heterocycles. The highest BCUT2D eigenvalue weighted by Crippen LogP contribution is 2.14. The van der Waals surface area contributed by atoms with E-state index in [-0.39, 0.29) is 29.9 Å². The van der Waals surface area contributed by atoms with Gasteiger partial charge in [-0.2, -0.15) is 0 Å². The number of rotatable bonds is 5. The zero-order valence-corrected chi connectivity index (χ0v) is 13.9. The molecular weight excluding hydrogens is 334 g/mol. The number of ketones is 1. The molecule has 0 aliphatic carbocycles. The van der Waals surface area contributed by atoms with Gasteiger partial charge in [0.25, 0.3) is 0 Å². The summed E-state index contributed by atoms with van der Waals surface area (Å²) < 4.78 is 0. The van der Waals surface area contributed by atoms with Gasteiger partial charge >= 0.3 is 0 Å². The number of piperazine rings is 1. The number of anilines is 1. The molecule has 7 nitrogen and oxygen atoms in total. The number of benzene rings is 1. The molecule has 3 amide bonds.